The van der Waals surface area contributed by atoms with Crippen LogP contribution >= 0.6 is 44.1 Å². The van der Waals surface area contributed by atoms with E-state index in [4.69, 9.17) is 48.6 Å². The predicted molar refractivity (Wildman–Crippen MR) is 158 cm³/mol. The van der Waals surface area contributed by atoms with Crippen molar-refractivity contribution in [3.05, 3.63) is 126 Å². The fourth-order valence-electron chi connectivity index (χ4n) is 4.10. The number of benzene rings is 4. The summed E-state index contributed by atoms with van der Waals surface area (Å²) in [5, 5.41) is 5.01. The molecule has 5 rings (SSSR count). The second-order valence-corrected chi connectivity index (χ2v) is 45.7. The summed E-state index contributed by atoms with van der Waals surface area (Å²) in [7, 11) is 26.9. The molecule has 4 aromatic carbocycles. The molecule has 0 radical (unpaired) electrons. The van der Waals surface area contributed by atoms with Crippen molar-refractivity contribution in [2.45, 2.75) is 0 Å². The monoisotopic (exact) mass is 704 g/mol. The molecule has 1 aliphatic carbocycles. The molecular formula is C28H21Cl6OSb. The predicted octanol–water partition coefficient (Wildman–Crippen LogP) is 6.73. The molecule has 0 aliphatic heterocycles. The Morgan fingerprint density at radius 3 is 1.39 bits per heavy atom. The molecule has 0 heterocycles. The van der Waals surface area contributed by atoms with Gasteiger partial charge in [-0.2, -0.15) is 0 Å². The van der Waals surface area contributed by atoms with Crippen LogP contribution in [0.1, 0.15) is 11.1 Å². The minimum absolute atomic E-state index is 0. The van der Waals surface area contributed by atoms with Crippen LogP contribution in [0.25, 0.3) is 27.1 Å². The molecule has 0 fully saturated rings. The number of hydrogen-bond donors (Lipinski definition) is 0. The first-order chi connectivity index (χ1) is 16.6. The molecule has 4 aromatic rings. The molecule has 1 nitrogen and oxygen atoms in total. The molecule has 0 spiro atoms. The fraction of sp³-hybridized carbons (Fsp3) is 0.0357. The molecule has 186 valence electrons. The Bertz CT molecular complexity index is 1400. The van der Waals surface area contributed by atoms with Crippen molar-refractivity contribution < 1.29 is 16.8 Å². The van der Waals surface area contributed by atoms with Gasteiger partial charge in [0, 0.05) is 12.2 Å². The third kappa shape index (κ3) is 7.92. The Kier molecular flexibility index (Phi) is 9.92. The van der Waals surface area contributed by atoms with Gasteiger partial charge in [0.15, 0.2) is 0 Å². The zero-order valence-electron chi connectivity index (χ0n) is 19.0. The van der Waals surface area contributed by atoms with Crippen molar-refractivity contribution in [1.29, 1.82) is 0 Å². The van der Waals surface area contributed by atoms with Gasteiger partial charge in [-0.05, 0) is 56.0 Å². The summed E-state index contributed by atoms with van der Waals surface area (Å²) in [6, 6.07) is 30.3. The van der Waals surface area contributed by atoms with Gasteiger partial charge >= 0.3 is 61.6 Å². The van der Waals surface area contributed by atoms with Crippen LogP contribution < -0.4 is 12.4 Å². The number of fused-ring (bicyclic) bond motifs is 2. The molecule has 0 N–H and O–H groups in total. The van der Waals surface area contributed by atoms with Gasteiger partial charge in [0.05, 0.1) is 0 Å². The molecule has 0 unspecified atom stereocenters. The van der Waals surface area contributed by atoms with Crippen molar-refractivity contribution in [2.24, 2.45) is 0 Å². The van der Waals surface area contributed by atoms with Gasteiger partial charge in [-0.3, -0.25) is 4.42 Å². The molecule has 0 saturated heterocycles. The average Bonchev–Trinajstić information content (AvgIpc) is 2.83. The first-order valence-electron chi connectivity index (χ1n) is 10.7. The molecule has 8 heteroatoms. The van der Waals surface area contributed by atoms with E-state index in [1.54, 1.807) is 7.11 Å². The van der Waals surface area contributed by atoms with E-state index in [0.717, 1.165) is 5.78 Å². The summed E-state index contributed by atoms with van der Waals surface area (Å²) in [6.07, 6.45) is 8.37. The third-order valence-corrected chi connectivity index (χ3v) is 5.50. The second kappa shape index (κ2) is 12.1. The summed E-state index contributed by atoms with van der Waals surface area (Å²) in [6.45, 7) is 0. The summed E-state index contributed by atoms with van der Waals surface area (Å²) in [5.74, 6) is 0.865. The van der Waals surface area contributed by atoms with E-state index in [9.17, 15) is 0 Å². The first-order valence-corrected chi connectivity index (χ1v) is 26.8. The Morgan fingerprint density at radius 2 is 0.972 bits per heavy atom. The van der Waals surface area contributed by atoms with E-state index in [1.165, 1.54) is 43.8 Å². The maximum atomic E-state index is 5.39. The second-order valence-electron chi connectivity index (χ2n) is 7.80. The SMILES string of the molecule is C[O+]=C1C=CC(=C(c2cccc3ccccc23)c2cccc3ccccc23)C=C1.[Cl-].[Cl][Sb]([Cl])([Cl])([Cl])[Cl]. The third-order valence-electron chi connectivity index (χ3n) is 5.50. The number of ketones is 1. The van der Waals surface area contributed by atoms with Crippen LogP contribution in [0.2, 0.25) is 0 Å². The van der Waals surface area contributed by atoms with Crippen molar-refractivity contribution in [3.8, 4) is 0 Å². The molecular weight excluding hydrogens is 687 g/mol. The Morgan fingerprint density at radius 1 is 0.583 bits per heavy atom. The number of carbonyl (C=O) groups excluding carboxylic acids is 1. The molecule has 1 aliphatic rings. The van der Waals surface area contributed by atoms with E-state index in [2.05, 4.69) is 97.1 Å². The Balaban J connectivity index is 0.000000464. The van der Waals surface area contributed by atoms with Crippen LogP contribution in [0.3, 0.4) is 0 Å². The van der Waals surface area contributed by atoms with E-state index in [1.807, 2.05) is 12.2 Å². The van der Waals surface area contributed by atoms with E-state index in [-0.39, 0.29) is 12.4 Å². The zero-order chi connectivity index (χ0) is 25.1. The van der Waals surface area contributed by atoms with Crippen molar-refractivity contribution >= 4 is 88.7 Å². The summed E-state index contributed by atoms with van der Waals surface area (Å²) in [4.78, 5) is 0. The van der Waals surface area contributed by atoms with Crippen LogP contribution in [0, 0.1) is 0 Å². The van der Waals surface area contributed by atoms with Gasteiger partial charge in [0.2, 0.25) is 0 Å². The zero-order valence-corrected chi connectivity index (χ0v) is 26.1. The number of hydrogen-bond acceptors (Lipinski definition) is 0. The number of allylic oxidation sites excluding steroid dienone is 5. The Hall–Kier alpha value is -1.15. The standard InChI is InChI=1S/C28H21O.6ClH.Sb/c1-29-23-18-16-22(17-19-23)28(26-14-6-10-20-8-2-4-12-24(20)26)27-15-7-11-21-9-3-5-13-25(21)27;;;;;;;/h2-19H,1H3;6*1H;/q+1;;;;;;;+5/p-6. The van der Waals surface area contributed by atoms with Crippen LogP contribution in [-0.2, 0) is 4.42 Å². The first kappa shape index (κ1) is 29.4. The van der Waals surface area contributed by atoms with Gasteiger partial charge in [-0.25, -0.2) is 0 Å². The summed E-state index contributed by atoms with van der Waals surface area (Å²) >= 11 is -4.33. The van der Waals surface area contributed by atoms with Gasteiger partial charge < -0.3 is 12.4 Å². The molecule has 0 atom stereocenters. The average molecular weight is 708 g/mol. The van der Waals surface area contributed by atoms with Gasteiger partial charge in [0.1, 0.15) is 0 Å². The van der Waals surface area contributed by atoms with Crippen LogP contribution in [0.5, 0.6) is 0 Å². The van der Waals surface area contributed by atoms with E-state index >= 15 is 0 Å². The maximum absolute atomic E-state index is 5.39. The summed E-state index contributed by atoms with van der Waals surface area (Å²) < 4.78 is 5.39. The molecule has 36 heavy (non-hydrogen) atoms. The fourth-order valence-corrected chi connectivity index (χ4v) is 4.10. The van der Waals surface area contributed by atoms with Crippen LogP contribution in [-0.4, -0.2) is 24.6 Å². The molecule has 0 aromatic heterocycles. The normalized spacial score (nSPS) is 13.9. The van der Waals surface area contributed by atoms with Gasteiger partial charge in [-0.1, -0.05) is 84.9 Å². The van der Waals surface area contributed by atoms with Crippen LogP contribution in [0.4, 0.5) is 0 Å². The van der Waals surface area contributed by atoms with E-state index < -0.39 is 11.7 Å². The van der Waals surface area contributed by atoms with Gasteiger partial charge in [-0.15, -0.1) is 0 Å². The summed E-state index contributed by atoms with van der Waals surface area (Å²) in [5.41, 5.74) is 4.90. The van der Waals surface area contributed by atoms with Crippen molar-refractivity contribution in [2.75, 3.05) is 7.11 Å². The number of halogens is 6. The van der Waals surface area contributed by atoms with E-state index in [0.29, 0.717) is 0 Å². The minimum atomic E-state index is -4.33. The number of rotatable bonds is 2. The quantitative estimate of drug-likeness (QED) is 0.162. The topological polar surface area (TPSA) is 11.3 Å². The van der Waals surface area contributed by atoms with Crippen molar-refractivity contribution in [1.82, 2.24) is 0 Å². The van der Waals surface area contributed by atoms with Gasteiger partial charge in [0.25, 0.3) is 7.11 Å². The molecule has 0 saturated carbocycles. The molecule has 0 amide bonds. The van der Waals surface area contributed by atoms with Crippen LogP contribution in [0.15, 0.2) is 115 Å². The molecule has 0 bridgehead atoms. The Labute approximate surface area is 236 Å². The van der Waals surface area contributed by atoms with Crippen molar-refractivity contribution in [3.63, 3.8) is 0 Å².